The second-order valence-corrected chi connectivity index (χ2v) is 21.2. The van der Waals surface area contributed by atoms with Gasteiger partial charge in [-0.2, -0.15) is 30.7 Å². The van der Waals surface area contributed by atoms with E-state index in [1.54, 1.807) is 27.7 Å². The number of alkyl halides is 6. The van der Waals surface area contributed by atoms with Crippen molar-refractivity contribution in [2.24, 2.45) is 0 Å². The zero-order valence-corrected chi connectivity index (χ0v) is 31.8. The van der Waals surface area contributed by atoms with Gasteiger partial charge in [0.15, 0.2) is 14.0 Å². The monoisotopic (exact) mass is 762 g/mol. The van der Waals surface area contributed by atoms with Crippen LogP contribution in [0.25, 0.3) is 16.5 Å². The second kappa shape index (κ2) is 13.1. The Morgan fingerprint density at radius 3 is 2.21 bits per heavy atom. The molecule has 17 heteroatoms. The number of hydrogen-bond donors (Lipinski definition) is 0. The molecular weight excluding hydrogens is 717 g/mol. The fourth-order valence-corrected chi connectivity index (χ4v) is 8.24. The first-order chi connectivity index (χ1) is 23.6. The summed E-state index contributed by atoms with van der Waals surface area (Å²) in [7, 11) is -2.21. The summed E-state index contributed by atoms with van der Waals surface area (Å²) in [4.78, 5) is 18.1. The topological polar surface area (TPSA) is 91.9 Å². The third-order valence-corrected chi connectivity index (χ3v) is 14.5. The molecule has 0 spiro atoms. The van der Waals surface area contributed by atoms with Crippen LogP contribution in [0, 0.1) is 5.95 Å². The molecule has 288 valence electrons. The van der Waals surface area contributed by atoms with Gasteiger partial charge in [0.05, 0.1) is 40.2 Å². The average Bonchev–Trinajstić information content (AvgIpc) is 3.57. The smallest absolute Gasteiger partial charge is 0.436 e. The highest BCUT2D eigenvalue weighted by Gasteiger charge is 2.51. The third-order valence-electron chi connectivity index (χ3n) is 9.87. The fourth-order valence-electron chi connectivity index (χ4n) is 6.53. The van der Waals surface area contributed by atoms with E-state index in [0.29, 0.717) is 19.1 Å². The summed E-state index contributed by atoms with van der Waals surface area (Å²) >= 11 is 0. The van der Waals surface area contributed by atoms with Gasteiger partial charge in [-0.3, -0.25) is 9.58 Å². The first-order valence-corrected chi connectivity index (χ1v) is 19.9. The van der Waals surface area contributed by atoms with Gasteiger partial charge in [0.1, 0.15) is 24.2 Å². The molecule has 1 saturated carbocycles. The molecule has 52 heavy (non-hydrogen) atoms. The van der Waals surface area contributed by atoms with Crippen LogP contribution in [0.3, 0.4) is 0 Å². The predicted octanol–water partition coefficient (Wildman–Crippen LogP) is 10.2. The Morgan fingerprint density at radius 1 is 1.04 bits per heavy atom. The summed E-state index contributed by atoms with van der Waals surface area (Å²) in [5, 5.41) is 3.42. The summed E-state index contributed by atoms with van der Waals surface area (Å²) in [5.74, 6) is -1.78. The van der Waals surface area contributed by atoms with Crippen LogP contribution >= 0.6 is 0 Å². The van der Waals surface area contributed by atoms with E-state index < -0.39 is 90.8 Å². The lowest BCUT2D eigenvalue weighted by Crippen LogP contribution is -2.54. The van der Waals surface area contributed by atoms with E-state index in [9.17, 15) is 31.1 Å². The molecule has 3 aromatic rings. The number of fused-ring (bicyclic) bond motifs is 1. The van der Waals surface area contributed by atoms with Gasteiger partial charge in [-0.15, -0.1) is 5.10 Å². The molecular formula is C35H45F7N4O5Si. The molecule has 1 amide bonds. The van der Waals surface area contributed by atoms with E-state index in [2.05, 4.69) is 43.9 Å². The minimum Gasteiger partial charge on any atom is -0.491 e. The molecule has 3 heterocycles. The fraction of sp³-hybridized carbons (Fsp3) is 0.629. The average molecular weight is 763 g/mol. The van der Waals surface area contributed by atoms with Crippen molar-refractivity contribution in [2.75, 3.05) is 6.61 Å². The lowest BCUT2D eigenvalue weighted by atomic mass is 9.77. The SMILES string of the molecule is C[C@H]1C=C(c2nc(C(F)(F)F)co2)C[C@@H](COc2cc(C(F)(F)F)c3c(c2)c(F)nn3C2CC(C)(O[Si](C)(C)C(C)(C)C)C2)N1C(=O)OC(C)(C)C. The van der Waals surface area contributed by atoms with E-state index in [1.165, 1.54) is 11.0 Å². The standard InChI is InChI=1S/C35H45F7N4O5Si/c1-19-11-20(29-43-26(18-49-29)35(40,41)42)12-21(45(19)30(47)50-31(2,3)4)17-48-23-13-24-27(25(14-23)34(37,38)39)46(44-28(24)36)22-15-33(8,16-22)51-52(9,10)32(5,6)7/h11,13-14,18-19,21-22H,12,15-17H2,1-10H3/t19-,21-,22?,33?/m0/s1. The number of hydrogen-bond acceptors (Lipinski definition) is 7. The Kier molecular flexibility index (Phi) is 9.94. The summed E-state index contributed by atoms with van der Waals surface area (Å²) < 4.78 is 123. The first kappa shape index (κ1) is 39.6. The lowest BCUT2D eigenvalue weighted by molar-refractivity contribution is -0.141. The number of carbonyl (C=O) groups excluding carboxylic acids is 1. The Labute approximate surface area is 298 Å². The van der Waals surface area contributed by atoms with Crippen molar-refractivity contribution in [3.05, 3.63) is 47.6 Å². The summed E-state index contributed by atoms with van der Waals surface area (Å²) in [6.07, 6.45) is -7.95. The largest absolute Gasteiger partial charge is 0.491 e. The molecule has 2 aromatic heterocycles. The van der Waals surface area contributed by atoms with Crippen LogP contribution in [0.5, 0.6) is 5.75 Å². The highest BCUT2D eigenvalue weighted by Crippen LogP contribution is 2.51. The minimum atomic E-state index is -4.93. The van der Waals surface area contributed by atoms with E-state index in [-0.39, 0.29) is 28.7 Å². The predicted molar refractivity (Wildman–Crippen MR) is 181 cm³/mol. The first-order valence-electron chi connectivity index (χ1n) is 17.0. The van der Waals surface area contributed by atoms with Crippen molar-refractivity contribution in [3.8, 4) is 5.75 Å². The molecule has 0 bridgehead atoms. The molecule has 0 N–H and O–H groups in total. The van der Waals surface area contributed by atoms with Crippen molar-refractivity contribution < 1.29 is 53.8 Å². The quantitative estimate of drug-likeness (QED) is 0.175. The number of halogens is 7. The number of aromatic nitrogens is 3. The number of rotatable bonds is 7. The van der Waals surface area contributed by atoms with Gasteiger partial charge in [-0.1, -0.05) is 26.8 Å². The maximum atomic E-state index is 15.4. The zero-order chi connectivity index (χ0) is 39.0. The van der Waals surface area contributed by atoms with E-state index >= 15 is 4.39 Å². The van der Waals surface area contributed by atoms with Crippen LogP contribution in [0.2, 0.25) is 18.1 Å². The molecule has 1 aliphatic heterocycles. The van der Waals surface area contributed by atoms with Crippen LogP contribution in [0.15, 0.2) is 28.9 Å². The van der Waals surface area contributed by atoms with Gasteiger partial charge in [0.2, 0.25) is 11.8 Å². The number of amides is 1. The Balaban J connectivity index is 1.44. The molecule has 1 aromatic carbocycles. The van der Waals surface area contributed by atoms with Crippen molar-refractivity contribution in [1.29, 1.82) is 0 Å². The molecule has 0 unspecified atom stereocenters. The number of ether oxygens (including phenoxy) is 2. The molecule has 2 aliphatic rings. The Morgan fingerprint density at radius 2 is 1.67 bits per heavy atom. The van der Waals surface area contributed by atoms with E-state index in [4.69, 9.17) is 18.3 Å². The normalized spacial score (nSPS) is 23.4. The van der Waals surface area contributed by atoms with Crippen molar-refractivity contribution in [2.45, 2.75) is 134 Å². The molecule has 2 atom stereocenters. The van der Waals surface area contributed by atoms with Gasteiger partial charge >= 0.3 is 18.4 Å². The number of carbonyl (C=O) groups is 1. The molecule has 1 fully saturated rings. The highest BCUT2D eigenvalue weighted by molar-refractivity contribution is 6.74. The number of benzene rings is 1. The number of oxazole rings is 1. The Bertz CT molecular complexity index is 1850. The van der Waals surface area contributed by atoms with Crippen LogP contribution in [0.4, 0.5) is 35.5 Å². The summed E-state index contributed by atoms with van der Waals surface area (Å²) in [5.41, 5.74) is -4.13. The summed E-state index contributed by atoms with van der Waals surface area (Å²) in [6, 6.07) is -0.394. The van der Waals surface area contributed by atoms with Gasteiger partial charge in [0, 0.05) is 12.0 Å². The third kappa shape index (κ3) is 8.14. The van der Waals surface area contributed by atoms with Crippen LogP contribution in [0.1, 0.15) is 97.8 Å². The molecule has 5 rings (SSSR count). The maximum Gasteiger partial charge on any atom is 0.436 e. The number of nitrogens with zero attached hydrogens (tertiary/aromatic N) is 4. The van der Waals surface area contributed by atoms with Crippen LogP contribution < -0.4 is 4.74 Å². The lowest BCUT2D eigenvalue weighted by Gasteiger charge is -2.51. The van der Waals surface area contributed by atoms with Crippen LogP contribution in [-0.4, -0.2) is 64.0 Å². The minimum absolute atomic E-state index is 0.0881. The molecule has 1 aliphatic carbocycles. The Hall–Kier alpha value is -3.60. The van der Waals surface area contributed by atoms with Crippen molar-refractivity contribution in [1.82, 2.24) is 19.7 Å². The van der Waals surface area contributed by atoms with Gasteiger partial charge in [0.25, 0.3) is 0 Å². The van der Waals surface area contributed by atoms with Crippen molar-refractivity contribution >= 4 is 30.9 Å². The van der Waals surface area contributed by atoms with Crippen LogP contribution in [-0.2, 0) is 21.5 Å². The molecule has 0 radical (unpaired) electrons. The second-order valence-electron chi connectivity index (χ2n) is 16.5. The zero-order valence-electron chi connectivity index (χ0n) is 30.8. The van der Waals surface area contributed by atoms with Gasteiger partial charge in [-0.25, -0.2) is 9.78 Å². The highest BCUT2D eigenvalue weighted by atomic mass is 28.4. The van der Waals surface area contributed by atoms with Gasteiger partial charge in [-0.05, 0) is 77.7 Å². The van der Waals surface area contributed by atoms with Gasteiger partial charge < -0.3 is 18.3 Å². The van der Waals surface area contributed by atoms with Crippen molar-refractivity contribution in [3.63, 3.8) is 0 Å². The molecule has 9 nitrogen and oxygen atoms in total. The summed E-state index contributed by atoms with van der Waals surface area (Å²) in [6.45, 7) is 18.5. The maximum absolute atomic E-state index is 15.4. The van der Waals surface area contributed by atoms with E-state index in [1.807, 2.05) is 6.92 Å². The van der Waals surface area contributed by atoms with E-state index in [0.717, 1.165) is 16.8 Å². The molecule has 0 saturated heterocycles.